The molecule has 0 radical (unpaired) electrons. The third-order valence-corrected chi connectivity index (χ3v) is 5.76. The molecule has 0 spiro atoms. The predicted molar refractivity (Wildman–Crippen MR) is 113 cm³/mol. The monoisotopic (exact) mass is 409 g/mol. The van der Waals surface area contributed by atoms with E-state index in [2.05, 4.69) is 17.4 Å². The van der Waals surface area contributed by atoms with Crippen molar-refractivity contribution in [1.29, 1.82) is 0 Å². The molecule has 1 amide bonds. The first kappa shape index (κ1) is 21.6. The summed E-state index contributed by atoms with van der Waals surface area (Å²) in [6, 6.07) is 15.4. The fourth-order valence-electron chi connectivity index (χ4n) is 3.93. The number of nitrogens with one attached hydrogen (secondary N) is 1. The minimum absolute atomic E-state index is 0.0621. The maximum absolute atomic E-state index is 12.5. The van der Waals surface area contributed by atoms with E-state index in [1.807, 2.05) is 50.2 Å². The zero-order chi connectivity index (χ0) is 21.7. The molecular formula is C24H27NO5. The lowest BCUT2D eigenvalue weighted by atomic mass is 9.93. The molecule has 0 saturated carbocycles. The number of Topliss-reactive ketones (excluding diaryl/α,β-unsaturated/α-hetero) is 1. The summed E-state index contributed by atoms with van der Waals surface area (Å²) in [6.45, 7) is 3.94. The van der Waals surface area contributed by atoms with E-state index in [1.165, 1.54) is 0 Å². The Labute approximate surface area is 176 Å². The average Bonchev–Trinajstić information content (AvgIpc) is 3.07. The number of carbonyl (C=O) groups excluding carboxylic acids is 2. The molecule has 6 heteroatoms. The van der Waals surface area contributed by atoms with Gasteiger partial charge >= 0.3 is 12.1 Å². The number of fused-ring (bicyclic) bond motifs is 3. The molecular weight excluding hydrogens is 382 g/mol. The standard InChI is InChI=1S/C24H27NO5/c1-3-15(2)23(21(26)12-13-22(27)28)25-24(29)30-14-20-18-10-6-4-8-16(18)17-9-5-7-11-19(17)20/h4-11,15,20,23H,3,12-14H2,1-2H3,(H,25,29)(H,27,28)/t15-,23-/m0/s1. The summed E-state index contributed by atoms with van der Waals surface area (Å²) in [5.74, 6) is -1.51. The van der Waals surface area contributed by atoms with Gasteiger partial charge in [-0.05, 0) is 28.2 Å². The number of benzene rings is 2. The lowest BCUT2D eigenvalue weighted by Crippen LogP contribution is -2.45. The van der Waals surface area contributed by atoms with Crippen LogP contribution in [0.4, 0.5) is 4.79 Å². The Morgan fingerprint density at radius 1 is 1.00 bits per heavy atom. The fraction of sp³-hybridized carbons (Fsp3) is 0.375. The van der Waals surface area contributed by atoms with Crippen molar-refractivity contribution < 1.29 is 24.2 Å². The molecule has 2 N–H and O–H groups in total. The second kappa shape index (κ2) is 9.57. The van der Waals surface area contributed by atoms with Gasteiger partial charge in [-0.15, -0.1) is 0 Å². The molecule has 0 aromatic heterocycles. The Kier molecular flexibility index (Phi) is 6.87. The Morgan fingerprint density at radius 2 is 1.57 bits per heavy atom. The second-order valence-electron chi connectivity index (χ2n) is 7.69. The molecule has 158 valence electrons. The van der Waals surface area contributed by atoms with Gasteiger partial charge in [0.05, 0.1) is 12.5 Å². The lowest BCUT2D eigenvalue weighted by molar-refractivity contribution is -0.138. The number of ether oxygens (including phenoxy) is 1. The molecule has 2 atom stereocenters. The second-order valence-corrected chi connectivity index (χ2v) is 7.69. The maximum Gasteiger partial charge on any atom is 0.407 e. The van der Waals surface area contributed by atoms with Crippen molar-refractivity contribution >= 4 is 17.8 Å². The highest BCUT2D eigenvalue weighted by molar-refractivity contribution is 5.89. The first-order valence-electron chi connectivity index (χ1n) is 10.3. The van der Waals surface area contributed by atoms with Gasteiger partial charge in [-0.2, -0.15) is 0 Å². The van der Waals surface area contributed by atoms with Gasteiger partial charge in [-0.1, -0.05) is 68.8 Å². The number of ketones is 1. The smallest absolute Gasteiger partial charge is 0.407 e. The van der Waals surface area contributed by atoms with Gasteiger partial charge < -0.3 is 15.2 Å². The number of carboxylic acids is 1. The molecule has 6 nitrogen and oxygen atoms in total. The third-order valence-electron chi connectivity index (χ3n) is 5.76. The van der Waals surface area contributed by atoms with Crippen LogP contribution in [0, 0.1) is 5.92 Å². The van der Waals surface area contributed by atoms with Gasteiger partial charge in [0.1, 0.15) is 6.61 Å². The summed E-state index contributed by atoms with van der Waals surface area (Å²) < 4.78 is 5.52. The molecule has 0 fully saturated rings. The van der Waals surface area contributed by atoms with E-state index in [4.69, 9.17) is 9.84 Å². The Balaban J connectivity index is 1.67. The molecule has 0 saturated heterocycles. The number of rotatable bonds is 9. The van der Waals surface area contributed by atoms with E-state index in [0.29, 0.717) is 6.42 Å². The number of carbonyl (C=O) groups is 3. The van der Waals surface area contributed by atoms with Gasteiger partial charge in [0.25, 0.3) is 0 Å². The van der Waals surface area contributed by atoms with Crippen LogP contribution in [0.5, 0.6) is 0 Å². The fourth-order valence-corrected chi connectivity index (χ4v) is 3.93. The number of aliphatic carboxylic acids is 1. The quantitative estimate of drug-likeness (QED) is 0.641. The topological polar surface area (TPSA) is 92.7 Å². The average molecular weight is 409 g/mol. The minimum atomic E-state index is -1.03. The van der Waals surface area contributed by atoms with E-state index in [-0.39, 0.29) is 37.1 Å². The molecule has 30 heavy (non-hydrogen) atoms. The zero-order valence-electron chi connectivity index (χ0n) is 17.3. The van der Waals surface area contributed by atoms with Crippen molar-refractivity contribution in [2.24, 2.45) is 5.92 Å². The van der Waals surface area contributed by atoms with Gasteiger partial charge in [0.15, 0.2) is 5.78 Å². The highest BCUT2D eigenvalue weighted by Gasteiger charge is 2.30. The van der Waals surface area contributed by atoms with Crippen LogP contribution in [0.25, 0.3) is 11.1 Å². The molecule has 1 aliphatic carbocycles. The van der Waals surface area contributed by atoms with Crippen molar-refractivity contribution in [2.75, 3.05) is 6.61 Å². The van der Waals surface area contributed by atoms with Gasteiger partial charge in [0, 0.05) is 12.3 Å². The first-order valence-corrected chi connectivity index (χ1v) is 10.3. The molecule has 2 aromatic carbocycles. The normalized spacial score (nSPS) is 14.3. The first-order chi connectivity index (χ1) is 14.4. The van der Waals surface area contributed by atoms with Gasteiger partial charge in [0.2, 0.25) is 0 Å². The van der Waals surface area contributed by atoms with Crippen molar-refractivity contribution in [3.8, 4) is 11.1 Å². The highest BCUT2D eigenvalue weighted by atomic mass is 16.5. The van der Waals surface area contributed by atoms with Crippen molar-refractivity contribution in [3.63, 3.8) is 0 Å². The van der Waals surface area contributed by atoms with Crippen LogP contribution < -0.4 is 5.32 Å². The number of hydrogen-bond donors (Lipinski definition) is 2. The van der Waals surface area contributed by atoms with E-state index in [9.17, 15) is 14.4 Å². The summed E-state index contributed by atoms with van der Waals surface area (Å²) >= 11 is 0. The van der Waals surface area contributed by atoms with Crippen LogP contribution in [-0.2, 0) is 14.3 Å². The lowest BCUT2D eigenvalue weighted by Gasteiger charge is -2.23. The molecule has 0 bridgehead atoms. The number of alkyl carbamates (subject to hydrolysis) is 1. The van der Waals surface area contributed by atoms with Crippen LogP contribution in [0.2, 0.25) is 0 Å². The van der Waals surface area contributed by atoms with Crippen LogP contribution in [0.1, 0.15) is 50.2 Å². The van der Waals surface area contributed by atoms with E-state index in [0.717, 1.165) is 22.3 Å². The third kappa shape index (κ3) is 4.70. The summed E-state index contributed by atoms with van der Waals surface area (Å²) in [4.78, 5) is 35.7. The Morgan fingerprint density at radius 3 is 2.10 bits per heavy atom. The molecule has 1 aliphatic rings. The molecule has 3 rings (SSSR count). The summed E-state index contributed by atoms with van der Waals surface area (Å²) in [5.41, 5.74) is 4.51. The van der Waals surface area contributed by atoms with Crippen LogP contribution in [-0.4, -0.2) is 35.6 Å². The minimum Gasteiger partial charge on any atom is -0.481 e. The highest BCUT2D eigenvalue weighted by Crippen LogP contribution is 2.44. The van der Waals surface area contributed by atoms with Crippen LogP contribution in [0.15, 0.2) is 48.5 Å². The van der Waals surface area contributed by atoms with E-state index < -0.39 is 18.1 Å². The molecule has 0 aliphatic heterocycles. The van der Waals surface area contributed by atoms with Gasteiger partial charge in [-0.3, -0.25) is 9.59 Å². The summed E-state index contributed by atoms with van der Waals surface area (Å²) in [5, 5.41) is 11.5. The van der Waals surface area contributed by atoms with Crippen LogP contribution in [0.3, 0.4) is 0 Å². The van der Waals surface area contributed by atoms with Gasteiger partial charge in [-0.25, -0.2) is 4.79 Å². The van der Waals surface area contributed by atoms with Crippen molar-refractivity contribution in [1.82, 2.24) is 5.32 Å². The largest absolute Gasteiger partial charge is 0.481 e. The van der Waals surface area contributed by atoms with E-state index >= 15 is 0 Å². The number of carboxylic acid groups (broad SMARTS) is 1. The predicted octanol–water partition coefficient (Wildman–Crippen LogP) is 4.37. The molecule has 0 unspecified atom stereocenters. The SMILES string of the molecule is CC[C@H](C)[C@H](NC(=O)OCC1c2ccccc2-c2ccccc21)C(=O)CCC(=O)O. The zero-order valence-corrected chi connectivity index (χ0v) is 17.3. The number of amides is 1. The number of hydrogen-bond acceptors (Lipinski definition) is 4. The molecule has 2 aromatic rings. The Hall–Kier alpha value is -3.15. The van der Waals surface area contributed by atoms with E-state index in [1.54, 1.807) is 0 Å². The van der Waals surface area contributed by atoms with Crippen LogP contribution >= 0.6 is 0 Å². The summed E-state index contributed by atoms with van der Waals surface area (Å²) in [6.07, 6.45) is -0.356. The van der Waals surface area contributed by atoms with Crippen molar-refractivity contribution in [2.45, 2.75) is 45.1 Å². The maximum atomic E-state index is 12.5. The molecule has 0 heterocycles. The Bertz CT molecular complexity index is 893. The van der Waals surface area contributed by atoms with Crippen molar-refractivity contribution in [3.05, 3.63) is 59.7 Å². The summed E-state index contributed by atoms with van der Waals surface area (Å²) in [7, 11) is 0.